The fraction of sp³-hybridized carbons (Fsp3) is 0.158. The van der Waals surface area contributed by atoms with Gasteiger partial charge in [-0.15, -0.1) is 0 Å². The molecule has 3 heterocycles. The van der Waals surface area contributed by atoms with Gasteiger partial charge in [-0.2, -0.15) is 0 Å². The lowest BCUT2D eigenvalue weighted by Gasteiger charge is -2.13. The minimum atomic E-state index is 0.824. The van der Waals surface area contributed by atoms with E-state index in [1.54, 1.807) is 6.20 Å². The van der Waals surface area contributed by atoms with Crippen molar-refractivity contribution in [3.05, 3.63) is 66.9 Å². The van der Waals surface area contributed by atoms with Crippen molar-refractivity contribution < 1.29 is 0 Å². The van der Waals surface area contributed by atoms with E-state index >= 15 is 0 Å². The predicted octanol–water partition coefficient (Wildman–Crippen LogP) is 3.99. The van der Waals surface area contributed by atoms with E-state index in [9.17, 15) is 0 Å². The normalized spacial score (nSPS) is 12.2. The van der Waals surface area contributed by atoms with Crippen molar-refractivity contribution >= 4 is 16.6 Å². The summed E-state index contributed by atoms with van der Waals surface area (Å²) in [5.41, 5.74) is 4.87. The van der Waals surface area contributed by atoms with E-state index in [1.165, 1.54) is 0 Å². The molecule has 0 spiro atoms. The van der Waals surface area contributed by atoms with Crippen LogP contribution in [-0.2, 0) is 0 Å². The van der Waals surface area contributed by atoms with Gasteiger partial charge in [0.05, 0.1) is 0 Å². The first-order valence-corrected chi connectivity index (χ1v) is 7.78. The van der Waals surface area contributed by atoms with Gasteiger partial charge in [0.2, 0.25) is 0 Å². The van der Waals surface area contributed by atoms with Crippen LogP contribution in [0.4, 0.5) is 0 Å². The first kappa shape index (κ1) is 15.8. The maximum Gasteiger partial charge on any atom is 0.139 e. The molecule has 3 rings (SSSR count). The van der Waals surface area contributed by atoms with E-state index in [1.807, 2.05) is 45.7 Å². The Morgan fingerprint density at radius 2 is 2.04 bits per heavy atom. The van der Waals surface area contributed by atoms with Crippen LogP contribution >= 0.6 is 0 Å². The Morgan fingerprint density at radius 3 is 2.71 bits per heavy atom. The van der Waals surface area contributed by atoms with Crippen LogP contribution < -0.4 is 0 Å². The van der Waals surface area contributed by atoms with Gasteiger partial charge in [-0.3, -0.25) is 0 Å². The summed E-state index contributed by atoms with van der Waals surface area (Å²) in [5.74, 6) is 0.824. The molecule has 5 heteroatoms. The highest BCUT2D eigenvalue weighted by molar-refractivity contribution is 5.93. The molecule has 0 aliphatic heterocycles. The minimum Gasteiger partial charge on any atom is -0.378 e. The van der Waals surface area contributed by atoms with Gasteiger partial charge in [-0.25, -0.2) is 9.97 Å². The lowest BCUT2D eigenvalue weighted by molar-refractivity contribution is 0.529. The lowest BCUT2D eigenvalue weighted by atomic mass is 10.1. The molecule has 2 N–H and O–H groups in total. The highest BCUT2D eigenvalue weighted by Gasteiger charge is 2.10. The number of nitrogens with one attached hydrogen (secondary N) is 2. The quantitative estimate of drug-likeness (QED) is 0.699. The molecule has 0 amide bonds. The topological polar surface area (TPSA) is 60.6 Å². The summed E-state index contributed by atoms with van der Waals surface area (Å²) in [6.45, 7) is 6.19. The lowest BCUT2D eigenvalue weighted by Crippen LogP contribution is -2.08. The van der Waals surface area contributed by atoms with Crippen molar-refractivity contribution in [2.24, 2.45) is 0 Å². The van der Waals surface area contributed by atoms with E-state index in [2.05, 4.69) is 49.6 Å². The first-order valence-electron chi connectivity index (χ1n) is 7.78. The molecule has 0 bridgehead atoms. The molecule has 0 fully saturated rings. The molecule has 0 aromatic carbocycles. The summed E-state index contributed by atoms with van der Waals surface area (Å²) in [6, 6.07) is 2.09. The summed E-state index contributed by atoms with van der Waals surface area (Å²) in [7, 11) is 4.04. The highest BCUT2D eigenvalue weighted by Crippen LogP contribution is 2.27. The van der Waals surface area contributed by atoms with Gasteiger partial charge in [0, 0.05) is 61.1 Å². The Hall–Kier alpha value is -3.08. The van der Waals surface area contributed by atoms with Gasteiger partial charge < -0.3 is 14.9 Å². The summed E-state index contributed by atoms with van der Waals surface area (Å²) >= 11 is 0. The molecule has 0 radical (unpaired) electrons. The molecule has 0 aliphatic rings. The third-order valence-electron chi connectivity index (χ3n) is 3.92. The molecule has 3 aromatic heterocycles. The zero-order chi connectivity index (χ0) is 17.1. The number of allylic oxidation sites excluding steroid dienone is 4. The van der Waals surface area contributed by atoms with Crippen LogP contribution in [0.5, 0.6) is 0 Å². The Morgan fingerprint density at radius 1 is 1.21 bits per heavy atom. The summed E-state index contributed by atoms with van der Waals surface area (Å²) in [5, 5.41) is 1.02. The zero-order valence-corrected chi connectivity index (χ0v) is 14.2. The van der Waals surface area contributed by atoms with E-state index in [-0.39, 0.29) is 0 Å². The van der Waals surface area contributed by atoms with E-state index < -0.39 is 0 Å². The molecule has 0 saturated carbocycles. The number of imidazole rings is 1. The summed E-state index contributed by atoms with van der Waals surface area (Å²) < 4.78 is 0. The Balaban J connectivity index is 1.94. The Labute approximate surface area is 141 Å². The van der Waals surface area contributed by atoms with Gasteiger partial charge in [0.25, 0.3) is 0 Å². The van der Waals surface area contributed by atoms with Crippen LogP contribution in [0.15, 0.2) is 61.4 Å². The van der Waals surface area contributed by atoms with Crippen LogP contribution in [0.2, 0.25) is 0 Å². The van der Waals surface area contributed by atoms with Crippen molar-refractivity contribution in [3.63, 3.8) is 0 Å². The van der Waals surface area contributed by atoms with E-state index in [0.29, 0.717) is 0 Å². The largest absolute Gasteiger partial charge is 0.378 e. The second-order valence-electron chi connectivity index (χ2n) is 5.73. The number of fused-ring (bicyclic) bond motifs is 1. The highest BCUT2D eigenvalue weighted by atomic mass is 15.1. The second-order valence-corrected chi connectivity index (χ2v) is 5.73. The molecule has 3 aromatic rings. The molecular formula is C19H21N5. The predicted molar refractivity (Wildman–Crippen MR) is 99.3 cm³/mol. The minimum absolute atomic E-state index is 0.824. The van der Waals surface area contributed by atoms with Gasteiger partial charge >= 0.3 is 0 Å². The van der Waals surface area contributed by atoms with E-state index in [0.717, 1.165) is 39.3 Å². The maximum absolute atomic E-state index is 4.50. The molecule has 0 atom stereocenters. The summed E-state index contributed by atoms with van der Waals surface area (Å²) in [6.07, 6.45) is 13.4. The molecule has 24 heavy (non-hydrogen) atoms. The smallest absolute Gasteiger partial charge is 0.139 e. The number of hydrogen-bond donors (Lipinski definition) is 2. The number of pyridine rings is 1. The van der Waals surface area contributed by atoms with Crippen molar-refractivity contribution in [2.45, 2.75) is 6.92 Å². The average Bonchev–Trinajstić information content (AvgIpc) is 3.23. The van der Waals surface area contributed by atoms with Gasteiger partial charge in [0.15, 0.2) is 0 Å². The summed E-state index contributed by atoms with van der Waals surface area (Å²) in [4.78, 5) is 17.2. The second kappa shape index (κ2) is 6.58. The number of nitrogens with zero attached hydrogens (tertiary/aromatic N) is 3. The van der Waals surface area contributed by atoms with Gasteiger partial charge in [-0.05, 0) is 24.6 Å². The zero-order valence-electron chi connectivity index (χ0n) is 14.2. The standard InChI is InChI=1S/C19H21N5/c1-5-15(24(3)4)7-6-13(2)14-10-16-17(19-20-8-9-21-19)12-23-18(16)22-11-14/h5-12H,2H2,1,3-4H3,(H,20,21)(H,22,23)/b7-6-,15-5+. The number of hydrogen-bond acceptors (Lipinski definition) is 3. The third kappa shape index (κ3) is 3.01. The Kier molecular flexibility index (Phi) is 4.33. The fourth-order valence-corrected chi connectivity index (χ4v) is 2.57. The van der Waals surface area contributed by atoms with Crippen molar-refractivity contribution in [2.75, 3.05) is 14.1 Å². The van der Waals surface area contributed by atoms with Gasteiger partial charge in [0.1, 0.15) is 11.5 Å². The molecule has 0 aliphatic carbocycles. The number of likely N-dealkylation sites (N-methyl/N-ethyl adjacent to an activating group) is 1. The average molecular weight is 319 g/mol. The van der Waals surface area contributed by atoms with Crippen LogP contribution in [0.1, 0.15) is 12.5 Å². The number of rotatable bonds is 5. The first-order chi connectivity index (χ1) is 11.6. The monoisotopic (exact) mass is 319 g/mol. The number of H-pyrrole nitrogens is 2. The van der Waals surface area contributed by atoms with Crippen LogP contribution in [-0.4, -0.2) is 38.9 Å². The van der Waals surface area contributed by atoms with Crippen molar-refractivity contribution in [1.29, 1.82) is 0 Å². The van der Waals surface area contributed by atoms with Crippen LogP contribution in [0.25, 0.3) is 28.0 Å². The van der Waals surface area contributed by atoms with E-state index in [4.69, 9.17) is 0 Å². The van der Waals surface area contributed by atoms with Gasteiger partial charge in [-0.1, -0.05) is 18.7 Å². The van der Waals surface area contributed by atoms with Crippen LogP contribution in [0, 0.1) is 0 Å². The Bertz CT molecular complexity index is 911. The molecule has 0 saturated heterocycles. The molecule has 0 unspecified atom stereocenters. The SMILES string of the molecule is C=C(/C=C\C(=C/C)N(C)C)c1cnc2[nH]cc(-c3ncc[nH]3)c2c1. The van der Waals surface area contributed by atoms with Crippen molar-refractivity contribution in [3.8, 4) is 11.4 Å². The molecule has 5 nitrogen and oxygen atoms in total. The van der Waals surface area contributed by atoms with Crippen molar-refractivity contribution in [1.82, 2.24) is 24.8 Å². The maximum atomic E-state index is 4.50. The third-order valence-corrected chi connectivity index (χ3v) is 3.92. The number of aromatic amines is 2. The van der Waals surface area contributed by atoms with Crippen LogP contribution in [0.3, 0.4) is 0 Å². The number of aromatic nitrogens is 4. The molecule has 122 valence electrons. The fourth-order valence-electron chi connectivity index (χ4n) is 2.57. The molecular weight excluding hydrogens is 298 g/mol.